The van der Waals surface area contributed by atoms with Crippen molar-refractivity contribution >= 4 is 44.6 Å². The van der Waals surface area contributed by atoms with E-state index in [0.29, 0.717) is 0 Å². The predicted octanol–water partition coefficient (Wildman–Crippen LogP) is 15.7. The molecule has 65 heavy (non-hydrogen) atoms. The molecule has 2 aromatic heterocycles. The number of pyridine rings is 1. The van der Waals surface area contributed by atoms with Gasteiger partial charge in [-0.1, -0.05) is 162 Å². The van der Waals surface area contributed by atoms with E-state index < -0.39 is 5.41 Å². The zero-order valence-electron chi connectivity index (χ0n) is 40.5. The minimum atomic E-state index is -0.461. The molecule has 0 saturated heterocycles. The molecule has 0 N–H and O–H groups in total. The Labute approximate surface area is 403 Å². The predicted molar refractivity (Wildman–Crippen MR) is 271 cm³/mol. The smallest absolute Gasteiger partial charge is 0.135 e. The average molecular weight is 1040 g/mol. The summed E-state index contributed by atoms with van der Waals surface area (Å²) in [7, 11) is 0. The molecule has 0 saturated carbocycles. The Hall–Kier alpha value is -5.44. The van der Waals surface area contributed by atoms with Crippen molar-refractivity contribution in [1.29, 1.82) is 0 Å². The number of hydrogen-bond donors (Lipinski definition) is 0. The van der Waals surface area contributed by atoms with Crippen LogP contribution in [0.1, 0.15) is 129 Å². The van der Waals surface area contributed by atoms with Gasteiger partial charge >= 0.3 is 0 Å². The molecular weight excluding hydrogens is 972 g/mol. The van der Waals surface area contributed by atoms with Crippen LogP contribution in [0.15, 0.2) is 140 Å². The van der Waals surface area contributed by atoms with E-state index in [1.165, 1.54) is 38.9 Å². The van der Waals surface area contributed by atoms with Gasteiger partial charge in [-0.25, -0.2) is 4.98 Å². The average Bonchev–Trinajstić information content (AvgIpc) is 3.82. The number of rotatable bonds is 7. The first kappa shape index (κ1) is 46.1. The van der Waals surface area contributed by atoms with Crippen LogP contribution in [0, 0.1) is 18.8 Å². The Morgan fingerprint density at radius 1 is 0.462 bits per heavy atom. The van der Waals surface area contributed by atoms with Gasteiger partial charge in [-0.3, -0.25) is 0 Å². The van der Waals surface area contributed by atoms with Gasteiger partial charge in [-0.15, -0.1) is 23.8 Å². The number of benzene rings is 6. The normalized spacial score (nSPS) is 13.7. The van der Waals surface area contributed by atoms with Crippen molar-refractivity contribution in [1.82, 2.24) is 9.55 Å². The van der Waals surface area contributed by atoms with Gasteiger partial charge in [0.25, 0.3) is 0 Å². The summed E-state index contributed by atoms with van der Waals surface area (Å²) in [5.74, 6) is 0.887. The summed E-state index contributed by atoms with van der Waals surface area (Å²) in [4.78, 5) is 9.74. The topological polar surface area (TPSA) is 24.3 Å². The molecule has 6 aromatic carbocycles. The third kappa shape index (κ3) is 8.37. The number of aromatic nitrogens is 2. The molecule has 0 unspecified atom stereocenters. The fourth-order valence-corrected chi connectivity index (χ4v) is 9.17. The summed E-state index contributed by atoms with van der Waals surface area (Å²) in [5.41, 5.74) is 14.4. The second-order valence-corrected chi connectivity index (χ2v) is 22.0. The second kappa shape index (κ2) is 16.5. The van der Waals surface area contributed by atoms with E-state index in [9.17, 15) is 0 Å². The van der Waals surface area contributed by atoms with Crippen molar-refractivity contribution in [2.75, 3.05) is 9.80 Å². The molecule has 0 bridgehead atoms. The number of fused-ring (bicyclic) bond motifs is 4. The molecule has 1 aliphatic heterocycles. The SMILES string of the molecule is CC(C)(C)c1cc(N2[CH-]N(c3cc(C(C)(C)C)cc(C(C)(C)C)c3)c3ccccc32)[c-]c(C(C)(C)c2[c-]c3c(cc2)c2ccccc2n3-c2cc(C(C)(C)c3ccccc3)ccn2)c1.[Pt]. The van der Waals surface area contributed by atoms with Gasteiger partial charge in [0.15, 0.2) is 0 Å². The van der Waals surface area contributed by atoms with Crippen molar-refractivity contribution in [2.24, 2.45) is 0 Å². The number of anilines is 4. The summed E-state index contributed by atoms with van der Waals surface area (Å²) >= 11 is 0. The van der Waals surface area contributed by atoms with Crippen LogP contribution in [0.25, 0.3) is 27.6 Å². The molecule has 0 atom stereocenters. The van der Waals surface area contributed by atoms with Crippen LogP contribution in [0.4, 0.5) is 22.7 Å². The van der Waals surface area contributed by atoms with Crippen LogP contribution in [-0.4, -0.2) is 9.55 Å². The van der Waals surface area contributed by atoms with E-state index in [4.69, 9.17) is 4.98 Å². The molecule has 9 rings (SSSR count). The molecule has 0 radical (unpaired) electrons. The van der Waals surface area contributed by atoms with Crippen LogP contribution in [-0.2, 0) is 48.1 Å². The Bertz CT molecular complexity index is 3010. The fourth-order valence-electron chi connectivity index (χ4n) is 9.17. The van der Waals surface area contributed by atoms with Crippen molar-refractivity contribution in [2.45, 2.75) is 117 Å². The van der Waals surface area contributed by atoms with Gasteiger partial charge in [-0.05, 0) is 91.8 Å². The van der Waals surface area contributed by atoms with Crippen LogP contribution in [0.5, 0.6) is 0 Å². The van der Waals surface area contributed by atoms with E-state index in [2.05, 4.69) is 257 Å². The quantitative estimate of drug-likeness (QED) is 0.149. The van der Waals surface area contributed by atoms with Crippen LogP contribution >= 0.6 is 0 Å². The minimum absolute atomic E-state index is 0. The van der Waals surface area contributed by atoms with Crippen LogP contribution in [0.3, 0.4) is 0 Å². The summed E-state index contributed by atoms with van der Waals surface area (Å²) in [6, 6.07) is 57.0. The maximum Gasteiger partial charge on any atom is 0.135 e. The van der Waals surface area contributed by atoms with E-state index in [1.54, 1.807) is 0 Å². The molecular formula is C60H63N4Pt-3. The Morgan fingerprint density at radius 3 is 1.69 bits per heavy atom. The third-order valence-electron chi connectivity index (χ3n) is 13.7. The Morgan fingerprint density at radius 2 is 1.05 bits per heavy atom. The van der Waals surface area contributed by atoms with Crippen molar-refractivity contribution in [3.63, 3.8) is 0 Å². The molecule has 1 aliphatic rings. The Balaban J connectivity index is 0.00000576. The number of nitrogens with zero attached hydrogens (tertiary/aromatic N) is 4. The zero-order valence-corrected chi connectivity index (χ0v) is 42.7. The summed E-state index contributed by atoms with van der Waals surface area (Å²) in [6.45, 7) is 32.2. The largest absolute Gasteiger partial charge is 0.493 e. The maximum atomic E-state index is 5.04. The van der Waals surface area contributed by atoms with Crippen molar-refractivity contribution < 1.29 is 21.1 Å². The van der Waals surface area contributed by atoms with Gasteiger partial charge in [0.2, 0.25) is 0 Å². The molecule has 8 aromatic rings. The van der Waals surface area contributed by atoms with Gasteiger partial charge < -0.3 is 14.4 Å². The summed E-state index contributed by atoms with van der Waals surface area (Å²) in [5, 5.41) is 2.35. The molecule has 3 heterocycles. The van der Waals surface area contributed by atoms with Gasteiger partial charge in [0.05, 0.1) is 0 Å². The molecule has 0 aliphatic carbocycles. The monoisotopic (exact) mass is 1030 g/mol. The first-order valence-electron chi connectivity index (χ1n) is 22.9. The standard InChI is InChI=1S/C60H63N4.Pt/c1-56(2,3)43-31-44(57(4,5)6)34-47(33-43)62-39-63(53-26-20-19-25-52(53)62)48-35-45(58(7,8)9)32-46(36-48)60(12,13)41-27-28-50-49-23-17-18-24-51(49)64(54(50)37-41)55-38-42(29-30-61-55)59(10,11)40-21-15-14-16-22-40;/h14-35,38-39H,1-13H3;/q-3;. The number of hydrogen-bond acceptors (Lipinski definition) is 3. The van der Waals surface area contributed by atoms with Crippen molar-refractivity contribution in [3.05, 3.63) is 197 Å². The van der Waals surface area contributed by atoms with Gasteiger partial charge in [0, 0.05) is 55.3 Å². The molecule has 5 heteroatoms. The molecule has 0 spiro atoms. The minimum Gasteiger partial charge on any atom is -0.493 e. The number of para-hydroxylation sites is 3. The van der Waals surface area contributed by atoms with E-state index in [1.807, 2.05) is 6.20 Å². The zero-order chi connectivity index (χ0) is 45.6. The first-order valence-corrected chi connectivity index (χ1v) is 22.9. The second-order valence-electron chi connectivity index (χ2n) is 22.0. The van der Waals surface area contributed by atoms with E-state index >= 15 is 0 Å². The first-order chi connectivity index (χ1) is 30.1. The molecule has 336 valence electrons. The van der Waals surface area contributed by atoms with Gasteiger partial charge in [-0.2, -0.15) is 47.0 Å². The Kier molecular flexibility index (Phi) is 11.7. The molecule has 0 amide bonds. The summed E-state index contributed by atoms with van der Waals surface area (Å²) in [6.07, 6.45) is 1.96. The fraction of sp³-hybridized carbons (Fsp3) is 0.300. The molecule has 0 fully saturated rings. The van der Waals surface area contributed by atoms with Gasteiger partial charge in [0.1, 0.15) is 5.82 Å². The van der Waals surface area contributed by atoms with E-state index in [0.717, 1.165) is 50.4 Å². The molecule has 4 nitrogen and oxygen atoms in total. The van der Waals surface area contributed by atoms with E-state index in [-0.39, 0.29) is 42.7 Å². The van der Waals surface area contributed by atoms with Crippen molar-refractivity contribution in [3.8, 4) is 5.82 Å². The summed E-state index contributed by atoms with van der Waals surface area (Å²) < 4.78 is 2.31. The van der Waals surface area contributed by atoms with Crippen LogP contribution in [0.2, 0.25) is 0 Å². The van der Waals surface area contributed by atoms with Crippen LogP contribution < -0.4 is 9.80 Å². The maximum absolute atomic E-state index is 5.04. The third-order valence-corrected chi connectivity index (χ3v) is 13.7.